The number of rotatable bonds is 7. The van der Waals surface area contributed by atoms with Crippen LogP contribution in [0.5, 0.6) is 11.5 Å². The van der Waals surface area contributed by atoms with E-state index in [9.17, 15) is 0 Å². The van der Waals surface area contributed by atoms with Gasteiger partial charge in [-0.15, -0.1) is 0 Å². The lowest BCUT2D eigenvalue weighted by molar-refractivity contribution is 0.482. The van der Waals surface area contributed by atoms with Crippen LogP contribution in [0.2, 0.25) is 10.0 Å². The van der Waals surface area contributed by atoms with E-state index >= 15 is 0 Å². The van der Waals surface area contributed by atoms with Gasteiger partial charge in [-0.1, -0.05) is 42.3 Å². The molecule has 0 unspecified atom stereocenters. The van der Waals surface area contributed by atoms with Gasteiger partial charge in [0.05, 0.1) is 22.3 Å². The minimum absolute atomic E-state index is 0.403. The SMILES string of the molecule is CCc1ncnc(NCCc2ccc(Oc3ccc(C#N)cc3Cl)cc2)c1Cl. The van der Waals surface area contributed by atoms with Crippen LogP contribution in [0.15, 0.2) is 48.8 Å². The van der Waals surface area contributed by atoms with Crippen molar-refractivity contribution in [1.82, 2.24) is 9.97 Å². The zero-order valence-corrected chi connectivity index (χ0v) is 16.8. The quantitative estimate of drug-likeness (QED) is 0.541. The summed E-state index contributed by atoms with van der Waals surface area (Å²) < 4.78 is 5.79. The second-order valence-electron chi connectivity index (χ2n) is 6.02. The fourth-order valence-electron chi connectivity index (χ4n) is 2.61. The van der Waals surface area contributed by atoms with E-state index < -0.39 is 0 Å². The summed E-state index contributed by atoms with van der Waals surface area (Å²) in [5, 5.41) is 13.1. The van der Waals surface area contributed by atoms with E-state index in [1.807, 2.05) is 37.3 Å². The summed E-state index contributed by atoms with van der Waals surface area (Å²) in [6.45, 7) is 2.70. The molecule has 1 aromatic heterocycles. The first kappa shape index (κ1) is 19.9. The van der Waals surface area contributed by atoms with Gasteiger partial charge in [0.2, 0.25) is 0 Å². The molecule has 0 saturated carbocycles. The standard InChI is InChI=1S/C21H18Cl2N4O/c1-2-18-20(23)21(27-13-26-18)25-10-9-14-3-6-16(7-4-14)28-19-8-5-15(12-24)11-17(19)22/h3-8,11,13H,2,9-10H2,1H3,(H,25,26,27). The Kier molecular flexibility index (Phi) is 6.70. The molecule has 0 fully saturated rings. The van der Waals surface area contributed by atoms with Gasteiger partial charge >= 0.3 is 0 Å². The molecule has 28 heavy (non-hydrogen) atoms. The second kappa shape index (κ2) is 9.41. The Morgan fingerprint density at radius 3 is 2.57 bits per heavy atom. The van der Waals surface area contributed by atoms with Gasteiger partial charge < -0.3 is 10.1 Å². The number of nitrogens with zero attached hydrogens (tertiary/aromatic N) is 3. The fraction of sp³-hybridized carbons (Fsp3) is 0.190. The van der Waals surface area contributed by atoms with Crippen molar-refractivity contribution < 1.29 is 4.74 Å². The summed E-state index contributed by atoms with van der Waals surface area (Å²) in [5.74, 6) is 1.85. The molecule has 0 aliphatic heterocycles. The Morgan fingerprint density at radius 1 is 1.11 bits per heavy atom. The van der Waals surface area contributed by atoms with E-state index in [1.54, 1.807) is 18.2 Å². The van der Waals surface area contributed by atoms with E-state index in [2.05, 4.69) is 15.3 Å². The molecule has 1 N–H and O–H groups in total. The molecule has 1 heterocycles. The number of hydrogen-bond acceptors (Lipinski definition) is 5. The molecule has 0 aliphatic rings. The number of anilines is 1. The molecule has 0 aliphatic carbocycles. The third kappa shape index (κ3) is 4.92. The Bertz CT molecular complexity index is 1000. The maximum absolute atomic E-state index is 8.89. The first-order chi connectivity index (χ1) is 13.6. The molecular formula is C21H18Cl2N4O. The molecule has 0 spiro atoms. The van der Waals surface area contributed by atoms with Crippen molar-refractivity contribution in [2.24, 2.45) is 0 Å². The van der Waals surface area contributed by atoms with Crippen LogP contribution < -0.4 is 10.1 Å². The van der Waals surface area contributed by atoms with Gasteiger partial charge in [0, 0.05) is 6.54 Å². The number of halogens is 2. The zero-order valence-electron chi connectivity index (χ0n) is 15.2. The highest BCUT2D eigenvalue weighted by molar-refractivity contribution is 6.33. The van der Waals surface area contributed by atoms with Gasteiger partial charge in [0.25, 0.3) is 0 Å². The zero-order chi connectivity index (χ0) is 19.9. The summed E-state index contributed by atoms with van der Waals surface area (Å²) in [6.07, 6.45) is 3.09. The lowest BCUT2D eigenvalue weighted by Gasteiger charge is -2.10. The minimum atomic E-state index is 0.403. The largest absolute Gasteiger partial charge is 0.456 e. The molecule has 0 bridgehead atoms. The Morgan fingerprint density at radius 2 is 1.89 bits per heavy atom. The van der Waals surface area contributed by atoms with Crippen LogP contribution in [0.1, 0.15) is 23.7 Å². The van der Waals surface area contributed by atoms with Crippen LogP contribution >= 0.6 is 23.2 Å². The molecule has 0 atom stereocenters. The van der Waals surface area contributed by atoms with Gasteiger partial charge in [0.15, 0.2) is 0 Å². The van der Waals surface area contributed by atoms with Crippen molar-refractivity contribution in [1.29, 1.82) is 5.26 Å². The molecular weight excluding hydrogens is 395 g/mol. The van der Waals surface area contributed by atoms with Gasteiger partial charge in [-0.05, 0) is 48.7 Å². The monoisotopic (exact) mass is 412 g/mol. The topological polar surface area (TPSA) is 70.8 Å². The highest BCUT2D eigenvalue weighted by Crippen LogP contribution is 2.30. The number of benzene rings is 2. The van der Waals surface area contributed by atoms with E-state index in [1.165, 1.54) is 6.33 Å². The maximum atomic E-state index is 8.89. The van der Waals surface area contributed by atoms with Crippen LogP contribution in [0.25, 0.3) is 0 Å². The average Bonchev–Trinajstić information content (AvgIpc) is 2.72. The van der Waals surface area contributed by atoms with Gasteiger partial charge in [-0.3, -0.25) is 0 Å². The highest BCUT2D eigenvalue weighted by atomic mass is 35.5. The summed E-state index contributed by atoms with van der Waals surface area (Å²) in [5.41, 5.74) is 2.48. The van der Waals surface area contributed by atoms with Crippen LogP contribution in [-0.4, -0.2) is 16.5 Å². The van der Waals surface area contributed by atoms with Crippen molar-refractivity contribution in [2.45, 2.75) is 19.8 Å². The lowest BCUT2D eigenvalue weighted by atomic mass is 10.1. The molecule has 0 amide bonds. The van der Waals surface area contributed by atoms with Gasteiger partial charge in [-0.25, -0.2) is 9.97 Å². The van der Waals surface area contributed by atoms with Crippen molar-refractivity contribution in [3.8, 4) is 17.6 Å². The van der Waals surface area contributed by atoms with E-state index in [0.717, 1.165) is 24.1 Å². The van der Waals surface area contributed by atoms with E-state index in [0.29, 0.717) is 39.5 Å². The number of nitriles is 1. The number of nitrogens with one attached hydrogen (secondary N) is 1. The lowest BCUT2D eigenvalue weighted by Crippen LogP contribution is -2.08. The molecule has 3 aromatic rings. The fourth-order valence-corrected chi connectivity index (χ4v) is 3.12. The van der Waals surface area contributed by atoms with Crippen molar-refractivity contribution in [2.75, 3.05) is 11.9 Å². The summed E-state index contributed by atoms with van der Waals surface area (Å²) in [7, 11) is 0. The summed E-state index contributed by atoms with van der Waals surface area (Å²) >= 11 is 12.4. The third-order valence-electron chi connectivity index (χ3n) is 4.11. The smallest absolute Gasteiger partial charge is 0.148 e. The van der Waals surface area contributed by atoms with Crippen LogP contribution in [-0.2, 0) is 12.8 Å². The molecule has 0 radical (unpaired) electrons. The number of aromatic nitrogens is 2. The van der Waals surface area contributed by atoms with E-state index in [4.69, 9.17) is 33.2 Å². The van der Waals surface area contributed by atoms with Crippen LogP contribution in [0, 0.1) is 11.3 Å². The van der Waals surface area contributed by atoms with Gasteiger partial charge in [0.1, 0.15) is 28.7 Å². The maximum Gasteiger partial charge on any atom is 0.148 e. The third-order valence-corrected chi connectivity index (χ3v) is 4.81. The normalized spacial score (nSPS) is 10.4. The molecule has 7 heteroatoms. The molecule has 3 rings (SSSR count). The van der Waals surface area contributed by atoms with Crippen LogP contribution in [0.3, 0.4) is 0 Å². The summed E-state index contributed by atoms with van der Waals surface area (Å²) in [6, 6.07) is 14.7. The predicted molar refractivity (Wildman–Crippen MR) is 111 cm³/mol. The summed E-state index contributed by atoms with van der Waals surface area (Å²) in [4.78, 5) is 8.35. The Hall–Kier alpha value is -2.81. The number of ether oxygens (including phenoxy) is 1. The predicted octanol–water partition coefficient (Wildman–Crippen LogP) is 5.66. The number of hydrogen-bond donors (Lipinski definition) is 1. The Labute approximate surface area is 173 Å². The molecule has 0 saturated heterocycles. The average molecular weight is 413 g/mol. The molecule has 142 valence electrons. The first-order valence-electron chi connectivity index (χ1n) is 8.80. The van der Waals surface area contributed by atoms with Gasteiger partial charge in [-0.2, -0.15) is 5.26 Å². The first-order valence-corrected chi connectivity index (χ1v) is 9.56. The molecule has 5 nitrogen and oxygen atoms in total. The highest BCUT2D eigenvalue weighted by Gasteiger charge is 2.08. The van der Waals surface area contributed by atoms with Crippen molar-refractivity contribution in [3.05, 3.63) is 75.7 Å². The minimum Gasteiger partial charge on any atom is -0.456 e. The molecule has 2 aromatic carbocycles. The number of aryl methyl sites for hydroxylation is 1. The Balaban J connectivity index is 1.57. The second-order valence-corrected chi connectivity index (χ2v) is 6.80. The van der Waals surface area contributed by atoms with Crippen molar-refractivity contribution >= 4 is 29.0 Å². The van der Waals surface area contributed by atoms with Crippen LogP contribution in [0.4, 0.5) is 5.82 Å². The van der Waals surface area contributed by atoms with Crippen molar-refractivity contribution in [3.63, 3.8) is 0 Å². The van der Waals surface area contributed by atoms with E-state index in [-0.39, 0.29) is 0 Å².